The Kier molecular flexibility index (Phi) is 4.82. The van der Waals surface area contributed by atoms with Crippen molar-refractivity contribution in [1.29, 1.82) is 0 Å². The van der Waals surface area contributed by atoms with Crippen LogP contribution < -0.4 is 10.5 Å². The molecule has 0 saturated heterocycles. The fraction of sp³-hybridized carbons (Fsp3) is 0.375. The van der Waals surface area contributed by atoms with Gasteiger partial charge < -0.3 is 14.9 Å². The van der Waals surface area contributed by atoms with Crippen LogP contribution in [0.5, 0.6) is 5.75 Å². The second kappa shape index (κ2) is 6.59. The van der Waals surface area contributed by atoms with E-state index in [9.17, 15) is 0 Å². The van der Waals surface area contributed by atoms with Crippen molar-refractivity contribution in [2.45, 2.75) is 25.6 Å². The maximum Gasteiger partial charge on any atom is 0.118 e. The van der Waals surface area contributed by atoms with Crippen LogP contribution in [0.25, 0.3) is 0 Å². The van der Waals surface area contributed by atoms with Gasteiger partial charge in [0.2, 0.25) is 0 Å². The number of rotatable bonds is 6. The van der Waals surface area contributed by atoms with Gasteiger partial charge in [-0.2, -0.15) is 0 Å². The van der Waals surface area contributed by atoms with Crippen molar-refractivity contribution in [3.05, 3.63) is 54.0 Å². The summed E-state index contributed by atoms with van der Waals surface area (Å²) in [6, 6.07) is 10.2. The number of furan rings is 1. The minimum absolute atomic E-state index is 0.0281. The number of likely N-dealkylation sites (N-methyl/N-ethyl adjacent to an activating group) is 1. The van der Waals surface area contributed by atoms with E-state index in [1.54, 1.807) is 19.6 Å². The molecule has 2 atom stereocenters. The van der Waals surface area contributed by atoms with Crippen molar-refractivity contribution in [3.8, 4) is 5.75 Å². The predicted molar refractivity (Wildman–Crippen MR) is 79.6 cm³/mol. The van der Waals surface area contributed by atoms with Gasteiger partial charge in [-0.25, -0.2) is 0 Å². The van der Waals surface area contributed by atoms with Gasteiger partial charge in [0.25, 0.3) is 0 Å². The van der Waals surface area contributed by atoms with Gasteiger partial charge in [0.05, 0.1) is 19.6 Å². The zero-order valence-electron chi connectivity index (χ0n) is 12.2. The highest BCUT2D eigenvalue weighted by Gasteiger charge is 2.21. The molecule has 2 N–H and O–H groups in total. The zero-order chi connectivity index (χ0) is 14.5. The smallest absolute Gasteiger partial charge is 0.118 e. The maximum absolute atomic E-state index is 6.17. The van der Waals surface area contributed by atoms with Gasteiger partial charge in [-0.3, -0.25) is 4.90 Å². The van der Waals surface area contributed by atoms with E-state index < -0.39 is 0 Å². The molecule has 20 heavy (non-hydrogen) atoms. The lowest BCUT2D eigenvalue weighted by molar-refractivity contribution is 0.210. The van der Waals surface area contributed by atoms with Crippen LogP contribution in [0.1, 0.15) is 24.1 Å². The Morgan fingerprint density at radius 2 is 1.95 bits per heavy atom. The van der Waals surface area contributed by atoms with Crippen molar-refractivity contribution in [1.82, 2.24) is 4.90 Å². The minimum atomic E-state index is 0.0281. The van der Waals surface area contributed by atoms with Crippen LogP contribution in [0.15, 0.2) is 47.3 Å². The largest absolute Gasteiger partial charge is 0.497 e. The standard InChI is InChI=1S/C16H22N2O2/c1-12(17)16(14-4-6-15(19-3)7-5-14)18(2)10-13-8-9-20-11-13/h4-9,11-12,16H,10,17H2,1-3H3. The molecule has 0 saturated carbocycles. The molecule has 1 aromatic carbocycles. The fourth-order valence-corrected chi connectivity index (χ4v) is 2.53. The number of nitrogens with two attached hydrogens (primary N) is 1. The Bertz CT molecular complexity index is 506. The van der Waals surface area contributed by atoms with Crippen molar-refractivity contribution >= 4 is 0 Å². The number of hydrogen-bond donors (Lipinski definition) is 1. The number of hydrogen-bond acceptors (Lipinski definition) is 4. The topological polar surface area (TPSA) is 51.6 Å². The summed E-state index contributed by atoms with van der Waals surface area (Å²) in [6.07, 6.45) is 3.46. The van der Waals surface area contributed by atoms with E-state index in [0.29, 0.717) is 0 Å². The number of methoxy groups -OCH3 is 1. The van der Waals surface area contributed by atoms with Gasteiger partial charge in [-0.1, -0.05) is 12.1 Å². The molecule has 1 aromatic heterocycles. The van der Waals surface area contributed by atoms with E-state index in [4.69, 9.17) is 14.9 Å². The third-order valence-electron chi connectivity index (χ3n) is 3.44. The summed E-state index contributed by atoms with van der Waals surface area (Å²) < 4.78 is 10.3. The van der Waals surface area contributed by atoms with Crippen LogP contribution in [0, 0.1) is 0 Å². The molecular weight excluding hydrogens is 252 g/mol. The monoisotopic (exact) mass is 274 g/mol. The molecule has 0 radical (unpaired) electrons. The van der Waals surface area contributed by atoms with Crippen LogP contribution in [-0.2, 0) is 6.54 Å². The molecule has 0 aliphatic carbocycles. The average molecular weight is 274 g/mol. The lowest BCUT2D eigenvalue weighted by atomic mass is 9.99. The summed E-state index contributed by atoms with van der Waals surface area (Å²) >= 11 is 0. The normalized spacial score (nSPS) is 14.2. The summed E-state index contributed by atoms with van der Waals surface area (Å²) in [5, 5.41) is 0. The predicted octanol–water partition coefficient (Wildman–Crippen LogP) is 2.81. The molecule has 4 nitrogen and oxygen atoms in total. The Hall–Kier alpha value is -1.78. The zero-order valence-corrected chi connectivity index (χ0v) is 12.2. The van der Waals surface area contributed by atoms with Crippen molar-refractivity contribution in [2.75, 3.05) is 14.2 Å². The third kappa shape index (κ3) is 3.40. The summed E-state index contributed by atoms with van der Waals surface area (Å²) in [7, 11) is 3.74. The second-order valence-corrected chi connectivity index (χ2v) is 5.12. The minimum Gasteiger partial charge on any atom is -0.497 e. The van der Waals surface area contributed by atoms with Gasteiger partial charge in [0.1, 0.15) is 5.75 Å². The highest BCUT2D eigenvalue weighted by atomic mass is 16.5. The number of ether oxygens (including phenoxy) is 1. The molecule has 2 unspecified atom stereocenters. The molecule has 0 fully saturated rings. The summed E-state index contributed by atoms with van der Waals surface area (Å²) in [6.45, 7) is 2.83. The lowest BCUT2D eigenvalue weighted by Gasteiger charge is -2.31. The van der Waals surface area contributed by atoms with Crippen molar-refractivity contribution < 1.29 is 9.15 Å². The highest BCUT2D eigenvalue weighted by molar-refractivity contribution is 5.30. The van der Waals surface area contributed by atoms with Crippen molar-refractivity contribution in [2.24, 2.45) is 5.73 Å². The Morgan fingerprint density at radius 1 is 1.25 bits per heavy atom. The second-order valence-electron chi connectivity index (χ2n) is 5.12. The van der Waals surface area contributed by atoms with Gasteiger partial charge in [0.15, 0.2) is 0 Å². The molecular formula is C16H22N2O2. The van der Waals surface area contributed by atoms with Crippen LogP contribution in [0.3, 0.4) is 0 Å². The molecule has 0 aliphatic rings. The molecule has 1 heterocycles. The fourth-order valence-electron chi connectivity index (χ4n) is 2.53. The average Bonchev–Trinajstić information content (AvgIpc) is 2.92. The van der Waals surface area contributed by atoms with E-state index in [1.807, 2.05) is 25.1 Å². The van der Waals surface area contributed by atoms with Gasteiger partial charge >= 0.3 is 0 Å². The third-order valence-corrected chi connectivity index (χ3v) is 3.44. The molecule has 0 spiro atoms. The first kappa shape index (κ1) is 14.6. The van der Waals surface area contributed by atoms with Crippen LogP contribution in [0.4, 0.5) is 0 Å². The van der Waals surface area contributed by atoms with Crippen LogP contribution in [-0.4, -0.2) is 25.1 Å². The van der Waals surface area contributed by atoms with Crippen LogP contribution in [0.2, 0.25) is 0 Å². The maximum atomic E-state index is 6.17. The lowest BCUT2D eigenvalue weighted by Crippen LogP contribution is -2.36. The van der Waals surface area contributed by atoms with Crippen LogP contribution >= 0.6 is 0 Å². The molecule has 2 rings (SSSR count). The molecule has 0 aliphatic heterocycles. The molecule has 108 valence electrons. The number of benzene rings is 1. The first-order valence-electron chi connectivity index (χ1n) is 6.72. The Labute approximate surface area is 120 Å². The molecule has 0 amide bonds. The first-order valence-corrected chi connectivity index (χ1v) is 6.72. The molecule has 4 heteroatoms. The first-order chi connectivity index (χ1) is 9.61. The van der Waals surface area contributed by atoms with Gasteiger partial charge in [-0.15, -0.1) is 0 Å². The van der Waals surface area contributed by atoms with E-state index >= 15 is 0 Å². The quantitative estimate of drug-likeness (QED) is 0.880. The van der Waals surface area contributed by atoms with Gasteiger partial charge in [0, 0.05) is 24.2 Å². The summed E-state index contributed by atoms with van der Waals surface area (Å²) in [5.41, 5.74) is 8.50. The van der Waals surface area contributed by atoms with Crippen molar-refractivity contribution in [3.63, 3.8) is 0 Å². The molecule has 0 bridgehead atoms. The van der Waals surface area contributed by atoms with E-state index in [-0.39, 0.29) is 12.1 Å². The van der Waals surface area contributed by atoms with Gasteiger partial charge in [-0.05, 0) is 37.7 Å². The van der Waals surface area contributed by atoms with E-state index in [1.165, 1.54) is 5.56 Å². The van der Waals surface area contributed by atoms with E-state index in [2.05, 4.69) is 24.1 Å². The summed E-state index contributed by atoms with van der Waals surface area (Å²) in [5.74, 6) is 0.856. The SMILES string of the molecule is COc1ccc(C(C(C)N)N(C)Cc2ccoc2)cc1. The Balaban J connectivity index is 2.16. The summed E-state index contributed by atoms with van der Waals surface area (Å²) in [4.78, 5) is 2.23. The van der Waals surface area contributed by atoms with E-state index in [0.717, 1.165) is 17.9 Å². The highest BCUT2D eigenvalue weighted by Crippen LogP contribution is 2.25. The Morgan fingerprint density at radius 3 is 2.45 bits per heavy atom. The number of nitrogens with zero attached hydrogens (tertiary/aromatic N) is 1. The molecule has 2 aromatic rings.